The maximum absolute atomic E-state index is 13.9. The lowest BCUT2D eigenvalue weighted by Crippen LogP contribution is -2.45. The largest absolute Gasteiger partial charge is 0.435 e. The zero-order chi connectivity index (χ0) is 22.3. The van der Waals surface area contributed by atoms with Crippen LogP contribution >= 0.6 is 0 Å². The van der Waals surface area contributed by atoms with Gasteiger partial charge in [-0.05, 0) is 43.4 Å². The molecule has 0 atom stereocenters. The molecule has 1 saturated heterocycles. The average Bonchev–Trinajstić information content (AvgIpc) is 3.26. The first-order chi connectivity index (χ1) is 15.4. The van der Waals surface area contributed by atoms with Crippen LogP contribution in [0.2, 0.25) is 0 Å². The van der Waals surface area contributed by atoms with Gasteiger partial charge in [0.1, 0.15) is 12.1 Å². The van der Waals surface area contributed by atoms with Crippen molar-refractivity contribution in [1.82, 2.24) is 24.6 Å². The molecule has 2 N–H and O–H groups in total. The van der Waals surface area contributed by atoms with Crippen molar-refractivity contribution >= 4 is 16.7 Å². The van der Waals surface area contributed by atoms with E-state index in [0.29, 0.717) is 22.5 Å². The topological polar surface area (TPSA) is 82.1 Å². The molecule has 7 nitrogen and oxygen atoms in total. The zero-order valence-corrected chi connectivity index (χ0v) is 17.6. The van der Waals surface area contributed by atoms with Crippen molar-refractivity contribution in [2.45, 2.75) is 43.9 Å². The molecule has 0 bridgehead atoms. The van der Waals surface area contributed by atoms with E-state index in [1.54, 1.807) is 18.2 Å². The summed E-state index contributed by atoms with van der Waals surface area (Å²) in [6, 6.07) is 5.32. The molecule has 32 heavy (non-hydrogen) atoms. The second kappa shape index (κ2) is 8.32. The van der Waals surface area contributed by atoms with Crippen molar-refractivity contribution in [2.24, 2.45) is 0 Å². The summed E-state index contributed by atoms with van der Waals surface area (Å²) in [7, 11) is 0. The van der Waals surface area contributed by atoms with Crippen molar-refractivity contribution in [3.63, 3.8) is 0 Å². The second-order valence-electron chi connectivity index (χ2n) is 8.47. The molecule has 170 valence electrons. The Morgan fingerprint density at radius 1 is 1.00 bits per heavy atom. The predicted octanol–water partition coefficient (Wildman–Crippen LogP) is 3.91. The van der Waals surface area contributed by atoms with Gasteiger partial charge in [0.25, 0.3) is 0 Å². The average molecular weight is 446 g/mol. The number of nitrogens with two attached hydrogens (primary N) is 1. The summed E-state index contributed by atoms with van der Waals surface area (Å²) in [4.78, 5) is 10.5. The fourth-order valence-electron chi connectivity index (χ4n) is 4.87. The van der Waals surface area contributed by atoms with E-state index in [4.69, 9.17) is 10.5 Å². The molecule has 3 aromatic rings. The molecule has 5 rings (SSSR count). The third kappa shape index (κ3) is 4.04. The van der Waals surface area contributed by atoms with Gasteiger partial charge in [0.15, 0.2) is 5.69 Å². The number of hydrogen-bond acceptors (Lipinski definition) is 6. The number of anilines is 1. The molecule has 2 aromatic heterocycles. The van der Waals surface area contributed by atoms with Crippen LogP contribution in [-0.4, -0.2) is 57.0 Å². The quantitative estimate of drug-likeness (QED) is 0.657. The molecule has 0 radical (unpaired) electrons. The first-order valence-corrected chi connectivity index (χ1v) is 10.9. The molecule has 0 spiro atoms. The van der Waals surface area contributed by atoms with Crippen LogP contribution in [0.15, 0.2) is 30.7 Å². The smallest absolute Gasteiger partial charge is 0.383 e. The minimum absolute atomic E-state index is 0.0454. The number of morpholine rings is 1. The van der Waals surface area contributed by atoms with Gasteiger partial charge in [-0.25, -0.2) is 9.97 Å². The van der Waals surface area contributed by atoms with Gasteiger partial charge >= 0.3 is 6.18 Å². The highest BCUT2D eigenvalue weighted by Crippen LogP contribution is 2.39. The van der Waals surface area contributed by atoms with Gasteiger partial charge in [-0.3, -0.25) is 9.58 Å². The number of rotatable bonds is 3. The van der Waals surface area contributed by atoms with E-state index < -0.39 is 11.9 Å². The summed E-state index contributed by atoms with van der Waals surface area (Å²) in [5.41, 5.74) is 6.09. The summed E-state index contributed by atoms with van der Waals surface area (Å²) in [6.45, 7) is 3.35. The molecule has 0 amide bonds. The molecule has 1 saturated carbocycles. The molecule has 3 heterocycles. The van der Waals surface area contributed by atoms with E-state index in [-0.39, 0.29) is 17.4 Å². The van der Waals surface area contributed by atoms with Crippen LogP contribution in [0, 0.1) is 0 Å². The SMILES string of the molecule is Nc1ncnc2ccc(-c3cn(C4CCC(N5CCOCC5)CC4)nc3C(F)(F)F)cc12. The summed E-state index contributed by atoms with van der Waals surface area (Å²) in [5, 5.41) is 4.54. The number of fused-ring (bicyclic) bond motifs is 1. The number of nitrogen functional groups attached to an aromatic ring is 1. The van der Waals surface area contributed by atoms with Gasteiger partial charge in [0.2, 0.25) is 0 Å². The van der Waals surface area contributed by atoms with E-state index in [1.165, 1.54) is 17.2 Å². The number of halogens is 3. The van der Waals surface area contributed by atoms with Crippen molar-refractivity contribution in [3.8, 4) is 11.1 Å². The zero-order valence-electron chi connectivity index (χ0n) is 17.6. The minimum atomic E-state index is -4.56. The van der Waals surface area contributed by atoms with E-state index in [9.17, 15) is 13.2 Å². The first kappa shape index (κ1) is 21.1. The lowest BCUT2D eigenvalue weighted by molar-refractivity contribution is -0.141. The maximum atomic E-state index is 13.9. The number of nitrogens with zero attached hydrogens (tertiary/aromatic N) is 5. The summed E-state index contributed by atoms with van der Waals surface area (Å²) in [5.74, 6) is 0.235. The Kier molecular flexibility index (Phi) is 5.50. The van der Waals surface area contributed by atoms with Gasteiger partial charge < -0.3 is 10.5 Å². The number of ether oxygens (including phenoxy) is 1. The second-order valence-corrected chi connectivity index (χ2v) is 8.47. The predicted molar refractivity (Wildman–Crippen MR) is 114 cm³/mol. The van der Waals surface area contributed by atoms with Crippen molar-refractivity contribution in [3.05, 3.63) is 36.4 Å². The third-order valence-electron chi connectivity index (χ3n) is 6.58. The van der Waals surface area contributed by atoms with E-state index >= 15 is 0 Å². The van der Waals surface area contributed by atoms with Gasteiger partial charge in [-0.15, -0.1) is 0 Å². The Hall–Kier alpha value is -2.72. The summed E-state index contributed by atoms with van der Waals surface area (Å²) >= 11 is 0. The monoisotopic (exact) mass is 446 g/mol. The van der Waals surface area contributed by atoms with Crippen molar-refractivity contribution in [2.75, 3.05) is 32.0 Å². The summed E-state index contributed by atoms with van der Waals surface area (Å²) in [6.07, 6.45) is 1.82. The van der Waals surface area contributed by atoms with Crippen LogP contribution in [-0.2, 0) is 10.9 Å². The fourth-order valence-corrected chi connectivity index (χ4v) is 4.87. The van der Waals surface area contributed by atoms with Crippen LogP contribution < -0.4 is 5.73 Å². The molecule has 10 heteroatoms. The first-order valence-electron chi connectivity index (χ1n) is 10.9. The molecule has 1 aliphatic heterocycles. The van der Waals surface area contributed by atoms with Crippen LogP contribution in [0.25, 0.3) is 22.0 Å². The van der Waals surface area contributed by atoms with Gasteiger partial charge in [0, 0.05) is 36.3 Å². The molecule has 2 fully saturated rings. The number of hydrogen-bond donors (Lipinski definition) is 1. The standard InChI is InChI=1S/C22H25F3N6O/c23-22(24,25)20-18(14-1-6-19-17(11-14)21(26)28-13-27-19)12-31(29-20)16-4-2-15(3-5-16)30-7-9-32-10-8-30/h1,6,11-13,15-16H,2-5,7-10H2,(H2,26,27,28). The van der Waals surface area contributed by atoms with E-state index in [0.717, 1.165) is 52.0 Å². The van der Waals surface area contributed by atoms with Crippen LogP contribution in [0.3, 0.4) is 0 Å². The molecular weight excluding hydrogens is 421 g/mol. The highest BCUT2D eigenvalue weighted by Gasteiger charge is 2.39. The van der Waals surface area contributed by atoms with Crippen LogP contribution in [0.5, 0.6) is 0 Å². The molecule has 0 unspecified atom stereocenters. The van der Waals surface area contributed by atoms with Crippen LogP contribution in [0.1, 0.15) is 37.4 Å². The van der Waals surface area contributed by atoms with Gasteiger partial charge in [0.05, 0.1) is 24.8 Å². The lowest BCUT2D eigenvalue weighted by Gasteiger charge is -2.38. The fraction of sp³-hybridized carbons (Fsp3) is 0.500. The Morgan fingerprint density at radius 2 is 1.72 bits per heavy atom. The molecular formula is C22H25F3N6O. The lowest BCUT2D eigenvalue weighted by atomic mass is 9.90. The number of benzene rings is 1. The highest BCUT2D eigenvalue weighted by molar-refractivity contribution is 5.91. The van der Waals surface area contributed by atoms with E-state index in [1.807, 2.05) is 0 Å². The Morgan fingerprint density at radius 3 is 2.44 bits per heavy atom. The molecule has 1 aromatic carbocycles. The third-order valence-corrected chi connectivity index (χ3v) is 6.58. The van der Waals surface area contributed by atoms with Crippen LogP contribution in [0.4, 0.5) is 19.0 Å². The highest BCUT2D eigenvalue weighted by atomic mass is 19.4. The van der Waals surface area contributed by atoms with Gasteiger partial charge in [-0.2, -0.15) is 18.3 Å². The Balaban J connectivity index is 1.43. The maximum Gasteiger partial charge on any atom is 0.435 e. The minimum Gasteiger partial charge on any atom is -0.383 e. The Bertz CT molecular complexity index is 1100. The molecule has 1 aliphatic carbocycles. The van der Waals surface area contributed by atoms with Crippen molar-refractivity contribution in [1.29, 1.82) is 0 Å². The normalized spacial score (nSPS) is 23.0. The van der Waals surface area contributed by atoms with E-state index in [2.05, 4.69) is 20.0 Å². The van der Waals surface area contributed by atoms with Gasteiger partial charge in [-0.1, -0.05) is 6.07 Å². The number of alkyl halides is 3. The summed E-state index contributed by atoms with van der Waals surface area (Å²) < 4.78 is 48.6. The number of aromatic nitrogens is 4. The van der Waals surface area contributed by atoms with Crippen molar-refractivity contribution < 1.29 is 17.9 Å². The molecule has 2 aliphatic rings. The Labute approximate surface area is 183 Å².